The van der Waals surface area contributed by atoms with Gasteiger partial charge in [0.1, 0.15) is 5.75 Å². The third-order valence-electron chi connectivity index (χ3n) is 5.07. The van der Waals surface area contributed by atoms with Gasteiger partial charge in [-0.15, -0.1) is 0 Å². The van der Waals surface area contributed by atoms with Gasteiger partial charge in [0, 0.05) is 50.5 Å². The van der Waals surface area contributed by atoms with Crippen LogP contribution in [0, 0.1) is 5.92 Å². The summed E-state index contributed by atoms with van der Waals surface area (Å²) in [4.78, 5) is 13.7. The van der Waals surface area contributed by atoms with Gasteiger partial charge in [-0.25, -0.2) is 9.97 Å². The van der Waals surface area contributed by atoms with Crippen molar-refractivity contribution in [3.63, 3.8) is 0 Å². The Morgan fingerprint density at radius 3 is 2.62 bits per heavy atom. The van der Waals surface area contributed by atoms with Gasteiger partial charge in [-0.3, -0.25) is 4.90 Å². The summed E-state index contributed by atoms with van der Waals surface area (Å²) in [5.74, 6) is 2.47. The Balaban J connectivity index is 1.30. The van der Waals surface area contributed by atoms with Gasteiger partial charge in [0.05, 0.1) is 6.61 Å². The van der Waals surface area contributed by atoms with Gasteiger partial charge in [0.25, 0.3) is 0 Å². The third-order valence-corrected chi connectivity index (χ3v) is 5.07. The molecule has 2 aromatic rings. The molecule has 1 aromatic carbocycles. The van der Waals surface area contributed by atoms with Crippen LogP contribution < -0.4 is 9.64 Å². The molecule has 0 amide bonds. The van der Waals surface area contributed by atoms with E-state index in [1.807, 2.05) is 48.8 Å². The molecule has 3 heterocycles. The van der Waals surface area contributed by atoms with E-state index in [4.69, 9.17) is 4.74 Å². The lowest BCUT2D eigenvalue weighted by atomic mass is 9.91. The van der Waals surface area contributed by atoms with Gasteiger partial charge in [-0.05, 0) is 31.0 Å². The number of piperazine rings is 1. The van der Waals surface area contributed by atoms with E-state index in [9.17, 15) is 0 Å². The SMILES string of the molecule is c1ccc(OC[C@@H]2CCC3CN(c4ncccn4)CCN3C2)cc1. The molecule has 2 atom stereocenters. The summed E-state index contributed by atoms with van der Waals surface area (Å²) in [6.45, 7) is 5.09. The first kappa shape index (κ1) is 15.4. The maximum atomic E-state index is 5.96. The average molecular weight is 324 g/mol. The highest BCUT2D eigenvalue weighted by atomic mass is 16.5. The average Bonchev–Trinajstić information content (AvgIpc) is 2.67. The normalized spacial score (nSPS) is 24.4. The van der Waals surface area contributed by atoms with Crippen molar-refractivity contribution in [2.75, 3.05) is 37.7 Å². The lowest BCUT2D eigenvalue weighted by molar-refractivity contribution is 0.0725. The number of ether oxygens (including phenoxy) is 1. The molecule has 4 rings (SSSR count). The molecule has 0 saturated carbocycles. The molecule has 0 N–H and O–H groups in total. The Morgan fingerprint density at radius 2 is 1.79 bits per heavy atom. The van der Waals surface area contributed by atoms with E-state index in [0.717, 1.165) is 44.5 Å². The van der Waals surface area contributed by atoms with Gasteiger partial charge in [-0.1, -0.05) is 18.2 Å². The Kier molecular flexibility index (Phi) is 4.60. The van der Waals surface area contributed by atoms with Crippen molar-refractivity contribution in [2.24, 2.45) is 5.92 Å². The zero-order valence-corrected chi connectivity index (χ0v) is 13.9. The number of rotatable bonds is 4. The molecular weight excluding hydrogens is 300 g/mol. The van der Waals surface area contributed by atoms with Crippen LogP contribution in [0.1, 0.15) is 12.8 Å². The Labute approximate surface area is 143 Å². The number of aromatic nitrogens is 2. The van der Waals surface area contributed by atoms with Crippen molar-refractivity contribution in [1.82, 2.24) is 14.9 Å². The highest BCUT2D eigenvalue weighted by Gasteiger charge is 2.33. The standard InChI is InChI=1S/C19H24N4O/c1-2-5-18(6-3-1)24-15-16-7-8-17-14-23(12-11-22(17)13-16)19-20-9-4-10-21-19/h1-6,9-10,16-17H,7-8,11-15H2/t16-,17?/m1/s1. The Morgan fingerprint density at radius 1 is 0.958 bits per heavy atom. The van der Waals surface area contributed by atoms with Crippen LogP contribution in [0.3, 0.4) is 0 Å². The molecule has 126 valence electrons. The molecule has 0 spiro atoms. The van der Waals surface area contributed by atoms with Crippen LogP contribution in [-0.2, 0) is 0 Å². The molecule has 1 unspecified atom stereocenters. The van der Waals surface area contributed by atoms with E-state index >= 15 is 0 Å². The van der Waals surface area contributed by atoms with Crippen LogP contribution in [0.5, 0.6) is 5.75 Å². The third kappa shape index (κ3) is 3.51. The monoisotopic (exact) mass is 324 g/mol. The summed E-state index contributed by atoms with van der Waals surface area (Å²) in [5, 5.41) is 0. The van der Waals surface area contributed by atoms with Crippen LogP contribution in [-0.4, -0.2) is 53.7 Å². The molecule has 0 radical (unpaired) electrons. The summed E-state index contributed by atoms with van der Waals surface area (Å²) in [6.07, 6.45) is 6.11. The first-order valence-electron chi connectivity index (χ1n) is 8.82. The fraction of sp³-hybridized carbons (Fsp3) is 0.474. The maximum absolute atomic E-state index is 5.96. The van der Waals surface area contributed by atoms with Crippen molar-refractivity contribution < 1.29 is 4.74 Å². The van der Waals surface area contributed by atoms with E-state index in [1.165, 1.54) is 12.8 Å². The molecule has 2 aliphatic rings. The minimum absolute atomic E-state index is 0.621. The zero-order valence-electron chi connectivity index (χ0n) is 13.9. The maximum Gasteiger partial charge on any atom is 0.225 e. The summed E-state index contributed by atoms with van der Waals surface area (Å²) < 4.78 is 5.96. The molecule has 5 nitrogen and oxygen atoms in total. The van der Waals surface area contributed by atoms with Gasteiger partial charge >= 0.3 is 0 Å². The molecule has 0 bridgehead atoms. The van der Waals surface area contributed by atoms with Crippen LogP contribution >= 0.6 is 0 Å². The number of hydrogen-bond acceptors (Lipinski definition) is 5. The van der Waals surface area contributed by atoms with Gasteiger partial charge < -0.3 is 9.64 Å². The first-order valence-corrected chi connectivity index (χ1v) is 8.82. The van der Waals surface area contributed by atoms with Crippen LogP contribution in [0.4, 0.5) is 5.95 Å². The van der Waals surface area contributed by atoms with Crippen molar-refractivity contribution in [3.05, 3.63) is 48.8 Å². The second-order valence-electron chi connectivity index (χ2n) is 6.71. The first-order chi connectivity index (χ1) is 11.9. The number of piperidine rings is 1. The van der Waals surface area contributed by atoms with Crippen molar-refractivity contribution in [2.45, 2.75) is 18.9 Å². The molecule has 1 aromatic heterocycles. The summed E-state index contributed by atoms with van der Waals surface area (Å²) >= 11 is 0. The van der Waals surface area contributed by atoms with Crippen LogP contribution in [0.25, 0.3) is 0 Å². The van der Waals surface area contributed by atoms with Gasteiger partial charge in [0.2, 0.25) is 5.95 Å². The fourth-order valence-electron chi connectivity index (χ4n) is 3.76. The number of anilines is 1. The molecule has 5 heteroatoms. The second kappa shape index (κ2) is 7.18. The minimum atomic E-state index is 0.621. The van der Waals surface area contributed by atoms with E-state index in [0.29, 0.717) is 12.0 Å². The molecule has 2 saturated heterocycles. The number of para-hydroxylation sites is 1. The predicted molar refractivity (Wildman–Crippen MR) is 94.3 cm³/mol. The van der Waals surface area contributed by atoms with E-state index in [2.05, 4.69) is 19.8 Å². The lowest BCUT2D eigenvalue weighted by Gasteiger charge is -2.46. The van der Waals surface area contributed by atoms with Crippen molar-refractivity contribution in [3.8, 4) is 5.75 Å². The highest BCUT2D eigenvalue weighted by Crippen LogP contribution is 2.27. The fourth-order valence-corrected chi connectivity index (χ4v) is 3.76. The topological polar surface area (TPSA) is 41.5 Å². The number of fused-ring (bicyclic) bond motifs is 1. The minimum Gasteiger partial charge on any atom is -0.493 e. The van der Waals surface area contributed by atoms with Crippen LogP contribution in [0.2, 0.25) is 0 Å². The molecule has 2 fully saturated rings. The van der Waals surface area contributed by atoms with Crippen LogP contribution in [0.15, 0.2) is 48.8 Å². The molecule has 24 heavy (non-hydrogen) atoms. The molecule has 0 aliphatic carbocycles. The Hall–Kier alpha value is -2.14. The summed E-state index contributed by atoms with van der Waals surface area (Å²) in [7, 11) is 0. The van der Waals surface area contributed by atoms with Crippen molar-refractivity contribution in [1.29, 1.82) is 0 Å². The predicted octanol–water partition coefficient (Wildman–Crippen LogP) is 2.46. The van der Waals surface area contributed by atoms with Gasteiger partial charge in [0.15, 0.2) is 0 Å². The van der Waals surface area contributed by atoms with E-state index < -0.39 is 0 Å². The quantitative estimate of drug-likeness (QED) is 0.864. The lowest BCUT2D eigenvalue weighted by Crippen LogP contribution is -2.57. The van der Waals surface area contributed by atoms with Gasteiger partial charge in [-0.2, -0.15) is 0 Å². The van der Waals surface area contributed by atoms with E-state index in [1.54, 1.807) is 0 Å². The Bertz CT molecular complexity index is 636. The molecule has 2 aliphatic heterocycles. The number of benzene rings is 1. The smallest absolute Gasteiger partial charge is 0.225 e. The number of nitrogens with zero attached hydrogens (tertiary/aromatic N) is 4. The number of hydrogen-bond donors (Lipinski definition) is 0. The summed E-state index contributed by atoms with van der Waals surface area (Å²) in [5.41, 5.74) is 0. The second-order valence-corrected chi connectivity index (χ2v) is 6.71. The van der Waals surface area contributed by atoms with Crippen molar-refractivity contribution >= 4 is 5.95 Å². The highest BCUT2D eigenvalue weighted by molar-refractivity contribution is 5.30. The summed E-state index contributed by atoms with van der Waals surface area (Å²) in [6, 6.07) is 12.6. The zero-order chi connectivity index (χ0) is 16.2. The van der Waals surface area contributed by atoms with E-state index in [-0.39, 0.29) is 0 Å². The largest absolute Gasteiger partial charge is 0.493 e. The molecular formula is C19H24N4O.